The summed E-state index contributed by atoms with van der Waals surface area (Å²) in [5, 5.41) is 3.02. The number of benzene rings is 2. The van der Waals surface area contributed by atoms with Crippen molar-refractivity contribution in [2.45, 2.75) is 13.8 Å². The van der Waals surface area contributed by atoms with E-state index in [0.717, 1.165) is 22.6 Å². The minimum Gasteiger partial charge on any atom is -0.353 e. The van der Waals surface area contributed by atoms with Crippen LogP contribution < -0.4 is 10.2 Å². The molecule has 1 aliphatic heterocycles. The van der Waals surface area contributed by atoms with Crippen molar-refractivity contribution in [1.82, 2.24) is 14.9 Å². The maximum atomic E-state index is 13.5. The van der Waals surface area contributed by atoms with E-state index < -0.39 is 0 Å². The lowest BCUT2D eigenvalue weighted by Crippen LogP contribution is -2.50. The highest BCUT2D eigenvalue weighted by molar-refractivity contribution is 5.90. The predicted octanol–water partition coefficient (Wildman–Crippen LogP) is 4.25. The molecule has 0 spiro atoms. The van der Waals surface area contributed by atoms with E-state index in [1.807, 2.05) is 49.1 Å². The summed E-state index contributed by atoms with van der Waals surface area (Å²) in [7, 11) is 0. The number of piperazine rings is 1. The topological polar surface area (TPSA) is 61.4 Å². The molecule has 154 valence electrons. The van der Waals surface area contributed by atoms with Crippen molar-refractivity contribution in [3.8, 4) is 11.3 Å². The summed E-state index contributed by atoms with van der Waals surface area (Å²) in [5.74, 6) is 0.481. The third-order valence-corrected chi connectivity index (χ3v) is 5.51. The molecule has 3 aromatic rings. The number of urea groups is 1. The van der Waals surface area contributed by atoms with E-state index in [9.17, 15) is 9.18 Å². The Labute approximate surface area is 175 Å². The molecule has 1 aromatic heterocycles. The summed E-state index contributed by atoms with van der Waals surface area (Å²) in [5.41, 5.74) is 4.46. The normalized spacial score (nSPS) is 14.0. The van der Waals surface area contributed by atoms with Gasteiger partial charge >= 0.3 is 6.03 Å². The van der Waals surface area contributed by atoms with E-state index in [1.54, 1.807) is 6.07 Å². The average Bonchev–Trinajstić information content (AvgIpc) is 2.77. The second kappa shape index (κ2) is 8.49. The van der Waals surface area contributed by atoms with Gasteiger partial charge in [0.1, 0.15) is 18.0 Å². The first-order valence-electron chi connectivity index (χ1n) is 9.96. The molecule has 6 nitrogen and oxygen atoms in total. The fourth-order valence-electron chi connectivity index (χ4n) is 3.55. The van der Waals surface area contributed by atoms with Crippen molar-refractivity contribution in [2.24, 2.45) is 0 Å². The minimum atomic E-state index is -0.295. The molecular formula is C23H24FN5O. The number of aromatic nitrogens is 2. The minimum absolute atomic E-state index is 0.0912. The molecule has 1 N–H and O–H groups in total. The molecule has 1 saturated heterocycles. The first kappa shape index (κ1) is 19.8. The van der Waals surface area contributed by atoms with Crippen LogP contribution >= 0.6 is 0 Å². The van der Waals surface area contributed by atoms with Crippen molar-refractivity contribution in [3.63, 3.8) is 0 Å². The lowest BCUT2D eigenvalue weighted by Gasteiger charge is -2.35. The molecule has 2 aromatic carbocycles. The molecule has 7 heteroatoms. The fraction of sp³-hybridized carbons (Fsp3) is 0.261. The first-order chi connectivity index (χ1) is 14.5. The van der Waals surface area contributed by atoms with Crippen molar-refractivity contribution >= 4 is 17.5 Å². The first-order valence-corrected chi connectivity index (χ1v) is 9.96. The summed E-state index contributed by atoms with van der Waals surface area (Å²) in [6.07, 6.45) is 1.50. The van der Waals surface area contributed by atoms with Gasteiger partial charge in [-0.1, -0.05) is 24.3 Å². The zero-order valence-corrected chi connectivity index (χ0v) is 17.1. The Morgan fingerprint density at radius 1 is 1.00 bits per heavy atom. The molecule has 1 fully saturated rings. The number of rotatable bonds is 3. The lowest BCUT2D eigenvalue weighted by molar-refractivity contribution is 0.208. The van der Waals surface area contributed by atoms with Gasteiger partial charge in [-0.05, 0) is 43.2 Å². The van der Waals surface area contributed by atoms with Crippen LogP contribution in [-0.4, -0.2) is 47.1 Å². The monoisotopic (exact) mass is 405 g/mol. The second-order valence-electron chi connectivity index (χ2n) is 7.42. The summed E-state index contributed by atoms with van der Waals surface area (Å²) in [6.45, 7) is 6.56. The van der Waals surface area contributed by atoms with E-state index >= 15 is 0 Å². The maximum absolute atomic E-state index is 13.5. The predicted molar refractivity (Wildman–Crippen MR) is 116 cm³/mol. The maximum Gasteiger partial charge on any atom is 0.321 e. The van der Waals surface area contributed by atoms with Crippen LogP contribution in [0.5, 0.6) is 0 Å². The van der Waals surface area contributed by atoms with Crippen LogP contribution in [0.2, 0.25) is 0 Å². The van der Waals surface area contributed by atoms with E-state index in [-0.39, 0.29) is 11.8 Å². The third-order valence-electron chi connectivity index (χ3n) is 5.51. The zero-order valence-electron chi connectivity index (χ0n) is 17.1. The largest absolute Gasteiger partial charge is 0.353 e. The number of nitrogens with one attached hydrogen (secondary N) is 1. The summed E-state index contributed by atoms with van der Waals surface area (Å²) >= 11 is 0. The molecule has 0 aliphatic carbocycles. The Bertz CT molecular complexity index is 1060. The Hall–Kier alpha value is -3.48. The second-order valence-corrected chi connectivity index (χ2v) is 7.42. The van der Waals surface area contributed by atoms with Crippen molar-refractivity contribution in [3.05, 3.63) is 71.8 Å². The summed E-state index contributed by atoms with van der Waals surface area (Å²) in [4.78, 5) is 25.3. The Kier molecular flexibility index (Phi) is 5.61. The van der Waals surface area contributed by atoms with Gasteiger partial charge in [0.2, 0.25) is 0 Å². The molecule has 0 bridgehead atoms. The number of carbonyl (C=O) groups excluding carboxylic acids is 1. The molecule has 1 aliphatic rings. The molecule has 0 radical (unpaired) electrons. The van der Waals surface area contributed by atoms with Gasteiger partial charge in [-0.3, -0.25) is 0 Å². The Morgan fingerprint density at radius 3 is 2.53 bits per heavy atom. The number of aryl methyl sites for hydroxylation is 1. The van der Waals surface area contributed by atoms with Crippen LogP contribution in [0.15, 0.2) is 54.9 Å². The van der Waals surface area contributed by atoms with E-state index in [1.165, 1.54) is 18.5 Å². The highest BCUT2D eigenvalue weighted by Crippen LogP contribution is 2.23. The molecular weight excluding hydrogens is 381 g/mol. The quantitative estimate of drug-likeness (QED) is 0.708. The highest BCUT2D eigenvalue weighted by atomic mass is 19.1. The van der Waals surface area contributed by atoms with E-state index in [4.69, 9.17) is 0 Å². The van der Waals surface area contributed by atoms with Crippen LogP contribution in [-0.2, 0) is 0 Å². The van der Waals surface area contributed by atoms with Crippen LogP contribution in [0.4, 0.5) is 20.7 Å². The van der Waals surface area contributed by atoms with E-state index in [2.05, 4.69) is 20.2 Å². The molecule has 0 saturated carbocycles. The van der Waals surface area contributed by atoms with Gasteiger partial charge < -0.3 is 15.1 Å². The zero-order chi connectivity index (χ0) is 21.1. The molecule has 4 rings (SSSR count). The molecule has 0 atom stereocenters. The van der Waals surface area contributed by atoms with Gasteiger partial charge in [0, 0.05) is 43.5 Å². The van der Waals surface area contributed by atoms with Crippen molar-refractivity contribution in [1.29, 1.82) is 0 Å². The number of halogens is 1. The van der Waals surface area contributed by atoms with Crippen LogP contribution in [0.3, 0.4) is 0 Å². The number of nitrogens with zero attached hydrogens (tertiary/aromatic N) is 4. The number of amides is 2. The molecule has 2 amide bonds. The van der Waals surface area contributed by atoms with Crippen molar-refractivity contribution < 1.29 is 9.18 Å². The van der Waals surface area contributed by atoms with Gasteiger partial charge in [-0.15, -0.1) is 0 Å². The standard InChI is InChI=1S/C23H24FN5O/c1-16-5-3-8-20(17(16)2)27-23(30)29-11-9-28(10-12-29)22-14-21(25-15-26-22)18-6-4-7-19(24)13-18/h3-8,13-15H,9-12H2,1-2H3,(H,27,30). The smallest absolute Gasteiger partial charge is 0.321 e. The lowest BCUT2D eigenvalue weighted by atomic mass is 10.1. The fourth-order valence-corrected chi connectivity index (χ4v) is 3.55. The SMILES string of the molecule is Cc1cccc(NC(=O)N2CCN(c3cc(-c4cccc(F)c4)ncn3)CC2)c1C. The number of hydrogen-bond donors (Lipinski definition) is 1. The molecule has 2 heterocycles. The van der Waals surface area contributed by atoms with Crippen LogP contribution in [0.25, 0.3) is 11.3 Å². The van der Waals surface area contributed by atoms with Gasteiger partial charge in [-0.25, -0.2) is 19.2 Å². The van der Waals surface area contributed by atoms with Gasteiger partial charge in [0.05, 0.1) is 5.69 Å². The number of carbonyl (C=O) groups is 1. The highest BCUT2D eigenvalue weighted by Gasteiger charge is 2.22. The third kappa shape index (κ3) is 4.25. The molecule has 0 unspecified atom stereocenters. The van der Waals surface area contributed by atoms with Crippen molar-refractivity contribution in [2.75, 3.05) is 36.4 Å². The van der Waals surface area contributed by atoms with E-state index in [0.29, 0.717) is 37.4 Å². The average molecular weight is 405 g/mol. The number of anilines is 2. The van der Waals surface area contributed by atoms with Gasteiger partial charge in [0.15, 0.2) is 0 Å². The molecule has 30 heavy (non-hydrogen) atoms. The Morgan fingerprint density at radius 2 is 1.77 bits per heavy atom. The summed E-state index contributed by atoms with van der Waals surface area (Å²) < 4.78 is 13.5. The van der Waals surface area contributed by atoms with Crippen LogP contribution in [0.1, 0.15) is 11.1 Å². The van der Waals surface area contributed by atoms with Gasteiger partial charge in [-0.2, -0.15) is 0 Å². The van der Waals surface area contributed by atoms with Gasteiger partial charge in [0.25, 0.3) is 0 Å². The Balaban J connectivity index is 1.40. The van der Waals surface area contributed by atoms with Crippen LogP contribution in [0, 0.1) is 19.7 Å². The number of hydrogen-bond acceptors (Lipinski definition) is 4. The summed E-state index contributed by atoms with van der Waals surface area (Å²) in [6, 6.07) is 14.0.